The van der Waals surface area contributed by atoms with Gasteiger partial charge in [-0.3, -0.25) is 9.59 Å². The number of aryl methyl sites for hydroxylation is 2. The number of rotatable bonds is 6. The monoisotopic (exact) mass is 580 g/mol. The molecule has 4 aromatic carbocycles. The Kier molecular flexibility index (Phi) is 7.05. The van der Waals surface area contributed by atoms with E-state index >= 15 is 4.79 Å². The topological polar surface area (TPSA) is 95.0 Å². The third kappa shape index (κ3) is 4.58. The maximum atomic E-state index is 15.5. The number of benzene rings is 4. The lowest BCUT2D eigenvalue weighted by Crippen LogP contribution is -2.44. The molecule has 2 heterocycles. The number of aromatic amines is 2. The fraction of sp³-hybridized carbons (Fsp3) is 0.211. The molecular weight excluding hydrogens is 544 g/mol. The zero-order valence-corrected chi connectivity index (χ0v) is 25.0. The van der Waals surface area contributed by atoms with Crippen molar-refractivity contribution in [1.29, 1.82) is 0 Å². The fourth-order valence-electron chi connectivity index (χ4n) is 7.33. The standard InChI is InChI=1S/C38H36N4O2/c1-23(25-13-5-3-6-14-25)42(24(2)26-15-7-4-8-16-26)38(44)34-33(37(39)43)35-29(27-17-9-11-19-31(27)40-35)21-22-30-28-18-10-12-20-32(28)41-36(30)34/h3-20,23-24,33-34,40-41H,21-22H2,1-2H3,(H2,39,43)/t23-,24?,33-,34-/m0/s1. The number of para-hydroxylation sites is 2. The molecule has 0 spiro atoms. The van der Waals surface area contributed by atoms with Gasteiger partial charge in [0.1, 0.15) is 0 Å². The van der Waals surface area contributed by atoms with Crippen LogP contribution in [0.5, 0.6) is 0 Å². The van der Waals surface area contributed by atoms with Gasteiger partial charge in [-0.2, -0.15) is 0 Å². The van der Waals surface area contributed by atoms with Crippen LogP contribution >= 0.6 is 0 Å². The van der Waals surface area contributed by atoms with E-state index in [-0.39, 0.29) is 18.0 Å². The highest BCUT2D eigenvalue weighted by atomic mass is 16.2. The molecule has 6 nitrogen and oxygen atoms in total. The molecule has 1 unspecified atom stereocenters. The zero-order chi connectivity index (χ0) is 30.4. The van der Waals surface area contributed by atoms with Crippen molar-refractivity contribution in [2.45, 2.75) is 50.6 Å². The van der Waals surface area contributed by atoms with Gasteiger partial charge < -0.3 is 20.6 Å². The molecule has 2 amide bonds. The largest absolute Gasteiger partial charge is 0.369 e. The predicted octanol–water partition coefficient (Wildman–Crippen LogP) is 7.45. The van der Waals surface area contributed by atoms with E-state index in [0.29, 0.717) is 0 Å². The van der Waals surface area contributed by atoms with Gasteiger partial charge in [-0.25, -0.2) is 0 Å². The highest BCUT2D eigenvalue weighted by Crippen LogP contribution is 2.45. The molecule has 6 aromatic rings. The van der Waals surface area contributed by atoms with Crippen molar-refractivity contribution in [2.75, 3.05) is 0 Å². The van der Waals surface area contributed by atoms with Crippen LogP contribution in [-0.2, 0) is 22.4 Å². The van der Waals surface area contributed by atoms with E-state index in [1.807, 2.05) is 77.7 Å². The molecule has 1 aliphatic rings. The predicted molar refractivity (Wildman–Crippen MR) is 175 cm³/mol. The molecule has 220 valence electrons. The van der Waals surface area contributed by atoms with Crippen LogP contribution in [0.1, 0.15) is 71.4 Å². The molecule has 6 heteroatoms. The summed E-state index contributed by atoms with van der Waals surface area (Å²) in [6, 6.07) is 35.9. The second-order valence-electron chi connectivity index (χ2n) is 11.9. The fourth-order valence-corrected chi connectivity index (χ4v) is 7.33. The lowest BCUT2D eigenvalue weighted by molar-refractivity contribution is -0.140. The number of primary amides is 1. The van der Waals surface area contributed by atoms with Gasteiger partial charge in [0.2, 0.25) is 11.8 Å². The van der Waals surface area contributed by atoms with Gasteiger partial charge in [-0.15, -0.1) is 0 Å². The lowest BCUT2D eigenvalue weighted by Gasteiger charge is -2.39. The average Bonchev–Trinajstić information content (AvgIpc) is 3.59. The molecular formula is C38H36N4O2. The number of nitrogens with two attached hydrogens (primary N) is 1. The Morgan fingerprint density at radius 2 is 1.05 bits per heavy atom. The van der Waals surface area contributed by atoms with E-state index in [4.69, 9.17) is 5.73 Å². The molecule has 2 aromatic heterocycles. The van der Waals surface area contributed by atoms with Crippen molar-refractivity contribution in [3.05, 3.63) is 143 Å². The van der Waals surface area contributed by atoms with Gasteiger partial charge in [0, 0.05) is 33.2 Å². The number of aromatic nitrogens is 2. The second kappa shape index (κ2) is 11.2. The Morgan fingerprint density at radius 1 is 0.636 bits per heavy atom. The summed E-state index contributed by atoms with van der Waals surface area (Å²) >= 11 is 0. The number of amides is 2. The highest BCUT2D eigenvalue weighted by molar-refractivity contribution is 5.98. The van der Waals surface area contributed by atoms with Crippen molar-refractivity contribution in [3.63, 3.8) is 0 Å². The number of carbonyl (C=O) groups excluding carboxylic acids is 2. The van der Waals surface area contributed by atoms with Crippen molar-refractivity contribution in [2.24, 2.45) is 5.73 Å². The van der Waals surface area contributed by atoms with Crippen molar-refractivity contribution >= 4 is 33.6 Å². The molecule has 0 saturated carbocycles. The quantitative estimate of drug-likeness (QED) is 0.191. The van der Waals surface area contributed by atoms with Crippen LogP contribution in [0.2, 0.25) is 0 Å². The van der Waals surface area contributed by atoms with E-state index in [1.54, 1.807) is 0 Å². The SMILES string of the molecule is CC(c1ccccc1)N(C(=O)[C@@H]1c2[nH]c3ccccc3c2CCc2c([nH]c3ccccc23)[C@H]1C(N)=O)[C@@H](C)c1ccccc1. The Labute approximate surface area is 256 Å². The molecule has 4 atom stereocenters. The second-order valence-corrected chi connectivity index (χ2v) is 11.9. The first-order valence-corrected chi connectivity index (χ1v) is 15.3. The Bertz CT molecular complexity index is 1930. The lowest BCUT2D eigenvalue weighted by atomic mass is 9.78. The van der Waals surface area contributed by atoms with Crippen LogP contribution in [0.25, 0.3) is 21.8 Å². The summed E-state index contributed by atoms with van der Waals surface area (Å²) in [5.74, 6) is -2.42. The molecule has 0 aliphatic heterocycles. The minimum Gasteiger partial charge on any atom is -0.369 e. The van der Waals surface area contributed by atoms with E-state index in [9.17, 15) is 4.79 Å². The van der Waals surface area contributed by atoms with E-state index in [1.165, 1.54) is 0 Å². The first-order chi connectivity index (χ1) is 21.4. The summed E-state index contributed by atoms with van der Waals surface area (Å²) in [6.07, 6.45) is 1.45. The first-order valence-electron chi connectivity index (χ1n) is 15.3. The van der Waals surface area contributed by atoms with Crippen LogP contribution in [0, 0.1) is 0 Å². The third-order valence-corrected chi connectivity index (χ3v) is 9.50. The van der Waals surface area contributed by atoms with Crippen LogP contribution in [0.4, 0.5) is 0 Å². The van der Waals surface area contributed by atoms with E-state index in [0.717, 1.165) is 68.3 Å². The summed E-state index contributed by atoms with van der Waals surface area (Å²) < 4.78 is 0. The van der Waals surface area contributed by atoms with Crippen molar-refractivity contribution in [1.82, 2.24) is 14.9 Å². The molecule has 0 bridgehead atoms. The summed E-state index contributed by atoms with van der Waals surface area (Å²) in [5.41, 5.74) is 13.9. The van der Waals surface area contributed by atoms with Gasteiger partial charge in [0.15, 0.2) is 0 Å². The first kappa shape index (κ1) is 27.7. The molecule has 7 rings (SSSR count). The van der Waals surface area contributed by atoms with E-state index in [2.05, 4.69) is 60.2 Å². The Hall–Kier alpha value is -5.10. The molecule has 4 N–H and O–H groups in total. The highest BCUT2D eigenvalue weighted by Gasteiger charge is 2.45. The summed E-state index contributed by atoms with van der Waals surface area (Å²) in [5, 5.41) is 2.14. The Balaban J connectivity index is 1.48. The van der Waals surface area contributed by atoms with Crippen molar-refractivity contribution in [3.8, 4) is 0 Å². The third-order valence-electron chi connectivity index (χ3n) is 9.50. The number of carbonyl (C=O) groups is 2. The van der Waals surface area contributed by atoms with Crippen LogP contribution in [-0.4, -0.2) is 26.7 Å². The minimum atomic E-state index is -0.898. The number of hydrogen-bond acceptors (Lipinski definition) is 2. The zero-order valence-electron chi connectivity index (χ0n) is 25.0. The van der Waals surface area contributed by atoms with Gasteiger partial charge in [-0.05, 0) is 61.1 Å². The number of hydrogen-bond donors (Lipinski definition) is 3. The maximum absolute atomic E-state index is 15.5. The molecule has 1 aliphatic carbocycles. The summed E-state index contributed by atoms with van der Waals surface area (Å²) in [6.45, 7) is 4.13. The summed E-state index contributed by atoms with van der Waals surface area (Å²) in [4.78, 5) is 38.3. The maximum Gasteiger partial charge on any atom is 0.233 e. The number of nitrogens with one attached hydrogen (secondary N) is 2. The van der Waals surface area contributed by atoms with Crippen LogP contribution < -0.4 is 5.73 Å². The summed E-state index contributed by atoms with van der Waals surface area (Å²) in [7, 11) is 0. The van der Waals surface area contributed by atoms with Gasteiger partial charge in [0.05, 0.1) is 23.9 Å². The molecule has 0 saturated heterocycles. The van der Waals surface area contributed by atoms with Gasteiger partial charge >= 0.3 is 0 Å². The number of nitrogens with zero attached hydrogens (tertiary/aromatic N) is 1. The van der Waals surface area contributed by atoms with Gasteiger partial charge in [0.25, 0.3) is 0 Å². The normalized spacial score (nSPS) is 17.7. The molecule has 0 fully saturated rings. The molecule has 44 heavy (non-hydrogen) atoms. The number of fused-ring (bicyclic) bond motifs is 6. The van der Waals surface area contributed by atoms with Crippen molar-refractivity contribution < 1.29 is 9.59 Å². The minimum absolute atomic E-state index is 0.138. The van der Waals surface area contributed by atoms with E-state index < -0.39 is 17.7 Å². The number of H-pyrrole nitrogens is 2. The smallest absolute Gasteiger partial charge is 0.233 e. The van der Waals surface area contributed by atoms with Crippen LogP contribution in [0.3, 0.4) is 0 Å². The molecule has 0 radical (unpaired) electrons. The average molecular weight is 581 g/mol. The van der Waals surface area contributed by atoms with Crippen LogP contribution in [0.15, 0.2) is 109 Å². The Morgan fingerprint density at radius 3 is 1.50 bits per heavy atom. The van der Waals surface area contributed by atoms with Gasteiger partial charge in [-0.1, -0.05) is 97.1 Å².